The van der Waals surface area contributed by atoms with Crippen LogP contribution in [0.5, 0.6) is 0 Å². The van der Waals surface area contributed by atoms with Crippen molar-refractivity contribution in [3.05, 3.63) is 53.2 Å². The van der Waals surface area contributed by atoms with Crippen molar-refractivity contribution in [3.63, 3.8) is 0 Å². The van der Waals surface area contributed by atoms with Crippen LogP contribution in [0.1, 0.15) is 49.4 Å². The summed E-state index contributed by atoms with van der Waals surface area (Å²) in [6.45, 7) is 2.97. The summed E-state index contributed by atoms with van der Waals surface area (Å²) in [5, 5.41) is 6.43. The van der Waals surface area contributed by atoms with E-state index >= 15 is 0 Å². The van der Waals surface area contributed by atoms with Gasteiger partial charge in [-0.05, 0) is 51.2 Å². The summed E-state index contributed by atoms with van der Waals surface area (Å²) in [6.07, 6.45) is 6.18. The Balaban J connectivity index is 1.46. The number of pyridine rings is 1. The molecule has 0 spiro atoms. The second-order valence-electron chi connectivity index (χ2n) is 8.03. The quantitative estimate of drug-likeness (QED) is 0.703. The molecule has 2 aromatic rings. The van der Waals surface area contributed by atoms with Crippen LogP contribution < -0.4 is 10.6 Å². The first-order valence-electron chi connectivity index (χ1n) is 11.0. The zero-order valence-corrected chi connectivity index (χ0v) is 17.8. The Bertz CT molecular complexity index is 1030. The van der Waals surface area contributed by atoms with Crippen molar-refractivity contribution in [3.8, 4) is 0 Å². The van der Waals surface area contributed by atoms with Crippen LogP contribution in [0.2, 0.25) is 0 Å². The Hall–Kier alpha value is -3.22. The smallest absolute Gasteiger partial charge is 0.252 e. The summed E-state index contributed by atoms with van der Waals surface area (Å²) in [4.78, 5) is 44.5. The third kappa shape index (κ3) is 4.31. The van der Waals surface area contributed by atoms with Crippen molar-refractivity contribution >= 4 is 28.6 Å². The van der Waals surface area contributed by atoms with Crippen LogP contribution in [-0.2, 0) is 9.59 Å². The molecule has 7 nitrogen and oxygen atoms in total. The number of likely N-dealkylation sites (N-methyl/N-ethyl adjacent to an activating group) is 1. The molecule has 1 aliphatic heterocycles. The van der Waals surface area contributed by atoms with Crippen molar-refractivity contribution in [1.29, 1.82) is 0 Å². The van der Waals surface area contributed by atoms with Crippen molar-refractivity contribution in [1.82, 2.24) is 20.5 Å². The highest BCUT2D eigenvalue weighted by molar-refractivity contribution is 6.07. The van der Waals surface area contributed by atoms with Gasteiger partial charge in [-0.1, -0.05) is 23.8 Å². The van der Waals surface area contributed by atoms with Crippen molar-refractivity contribution < 1.29 is 14.4 Å². The molecule has 1 saturated heterocycles. The number of hydrogen-bond donors (Lipinski definition) is 2. The van der Waals surface area contributed by atoms with Crippen LogP contribution in [0.25, 0.3) is 10.9 Å². The van der Waals surface area contributed by atoms with Gasteiger partial charge in [0.15, 0.2) is 0 Å². The first-order valence-corrected chi connectivity index (χ1v) is 11.0. The Labute approximate surface area is 181 Å². The second kappa shape index (κ2) is 9.29. The molecule has 2 heterocycles. The third-order valence-electron chi connectivity index (χ3n) is 6.12. The summed E-state index contributed by atoms with van der Waals surface area (Å²) in [5.74, 6) is -0.519. The molecule has 1 aromatic carbocycles. The van der Waals surface area contributed by atoms with E-state index in [0.29, 0.717) is 18.7 Å². The number of carbonyl (C=O) groups excluding carboxylic acids is 3. The number of hydrogen-bond acceptors (Lipinski definition) is 4. The van der Waals surface area contributed by atoms with Crippen LogP contribution in [-0.4, -0.2) is 53.3 Å². The van der Waals surface area contributed by atoms with Crippen molar-refractivity contribution in [2.75, 3.05) is 19.6 Å². The van der Waals surface area contributed by atoms with Gasteiger partial charge >= 0.3 is 0 Å². The van der Waals surface area contributed by atoms with Gasteiger partial charge in [-0.25, -0.2) is 0 Å². The molecule has 2 aliphatic rings. The highest BCUT2D eigenvalue weighted by Gasteiger charge is 2.36. The number of amides is 3. The number of likely N-dealkylation sites (tertiary alicyclic amines) is 1. The molecule has 3 amide bonds. The van der Waals surface area contributed by atoms with E-state index in [9.17, 15) is 14.4 Å². The topological polar surface area (TPSA) is 91.4 Å². The van der Waals surface area contributed by atoms with Crippen molar-refractivity contribution in [2.24, 2.45) is 0 Å². The first-order chi connectivity index (χ1) is 15.1. The number of fused-ring (bicyclic) bond motifs is 1. The third-order valence-corrected chi connectivity index (χ3v) is 6.12. The number of carbonyl (C=O) groups is 3. The maximum atomic E-state index is 13.0. The molecule has 0 bridgehead atoms. The lowest BCUT2D eigenvalue weighted by molar-refractivity contribution is -0.130. The van der Waals surface area contributed by atoms with E-state index in [4.69, 9.17) is 0 Å². The number of nitrogens with one attached hydrogen (secondary N) is 2. The standard InChI is InChI=1S/C24H28N4O3/c1-2-25-24(31)22(16-7-5-8-16)20-11-6-14-28(20)21(29)15-27-23(30)18-12-13-26-19-10-4-3-9-17(18)19/h3-4,9-10,12-13,20H,2,5-8,11,14-15H2,1H3,(H,25,31)(H,27,30). The molecule has 1 saturated carbocycles. The lowest BCUT2D eigenvalue weighted by Gasteiger charge is -2.31. The zero-order chi connectivity index (χ0) is 21.8. The largest absolute Gasteiger partial charge is 0.353 e. The van der Waals surface area contributed by atoms with E-state index < -0.39 is 0 Å². The number of benzene rings is 1. The fourth-order valence-corrected chi connectivity index (χ4v) is 4.44. The number of aromatic nitrogens is 1. The van der Waals surface area contributed by atoms with Gasteiger partial charge < -0.3 is 15.5 Å². The van der Waals surface area contributed by atoms with Crippen LogP contribution in [0.3, 0.4) is 0 Å². The minimum Gasteiger partial charge on any atom is -0.353 e. The molecular formula is C24H28N4O3. The SMILES string of the molecule is CCNC(=O)C(=C1CCC1)C1CCCN1C(=O)CNC(=O)c1ccnc2ccccc12. The molecule has 1 aromatic heterocycles. The Morgan fingerprint density at radius 1 is 1.10 bits per heavy atom. The summed E-state index contributed by atoms with van der Waals surface area (Å²) < 4.78 is 0. The molecule has 2 fully saturated rings. The Morgan fingerprint density at radius 2 is 1.90 bits per heavy atom. The lowest BCUT2D eigenvalue weighted by Crippen LogP contribution is -2.46. The predicted molar refractivity (Wildman–Crippen MR) is 118 cm³/mol. The van der Waals surface area contributed by atoms with Gasteiger partial charge in [0, 0.05) is 30.2 Å². The lowest BCUT2D eigenvalue weighted by atomic mass is 9.84. The zero-order valence-electron chi connectivity index (χ0n) is 17.8. The van der Waals surface area contributed by atoms with Gasteiger partial charge in [-0.3, -0.25) is 19.4 Å². The molecule has 1 atom stereocenters. The van der Waals surface area contributed by atoms with Crippen LogP contribution in [0, 0.1) is 0 Å². The van der Waals surface area contributed by atoms with E-state index in [1.807, 2.05) is 31.2 Å². The molecule has 1 unspecified atom stereocenters. The number of para-hydroxylation sites is 1. The molecule has 4 rings (SSSR count). The van der Waals surface area contributed by atoms with E-state index in [2.05, 4.69) is 15.6 Å². The summed E-state index contributed by atoms with van der Waals surface area (Å²) in [6, 6.07) is 8.89. The van der Waals surface area contributed by atoms with Crippen LogP contribution in [0.4, 0.5) is 0 Å². The Kier molecular flexibility index (Phi) is 6.30. The van der Waals surface area contributed by atoms with Gasteiger partial charge in [0.05, 0.1) is 23.7 Å². The molecule has 0 radical (unpaired) electrons. The molecule has 162 valence electrons. The van der Waals surface area contributed by atoms with Gasteiger partial charge in [0.25, 0.3) is 5.91 Å². The summed E-state index contributed by atoms with van der Waals surface area (Å²) in [7, 11) is 0. The monoisotopic (exact) mass is 420 g/mol. The molecule has 7 heteroatoms. The highest BCUT2D eigenvalue weighted by Crippen LogP contribution is 2.35. The average Bonchev–Trinajstić information content (AvgIpc) is 3.23. The maximum absolute atomic E-state index is 13.0. The van der Waals surface area contributed by atoms with Gasteiger partial charge in [-0.15, -0.1) is 0 Å². The normalized spacial score (nSPS) is 17.9. The van der Waals surface area contributed by atoms with E-state index in [-0.39, 0.29) is 30.3 Å². The minimum atomic E-state index is -0.302. The minimum absolute atomic E-state index is 0.0609. The van der Waals surface area contributed by atoms with Crippen LogP contribution >= 0.6 is 0 Å². The summed E-state index contributed by atoms with van der Waals surface area (Å²) in [5.41, 5.74) is 3.17. The molecular weight excluding hydrogens is 392 g/mol. The molecule has 2 N–H and O–H groups in total. The van der Waals surface area contributed by atoms with Gasteiger partial charge in [0.2, 0.25) is 11.8 Å². The number of rotatable bonds is 6. The van der Waals surface area contributed by atoms with Crippen LogP contribution in [0.15, 0.2) is 47.7 Å². The van der Waals surface area contributed by atoms with Crippen molar-refractivity contribution in [2.45, 2.75) is 45.1 Å². The fraction of sp³-hybridized carbons (Fsp3) is 0.417. The average molecular weight is 421 g/mol. The second-order valence-corrected chi connectivity index (χ2v) is 8.03. The summed E-state index contributed by atoms with van der Waals surface area (Å²) >= 11 is 0. The fourth-order valence-electron chi connectivity index (χ4n) is 4.44. The number of allylic oxidation sites excluding steroid dienone is 1. The Morgan fingerprint density at radius 3 is 2.65 bits per heavy atom. The first kappa shape index (κ1) is 21.0. The van der Waals surface area contributed by atoms with Gasteiger partial charge in [-0.2, -0.15) is 0 Å². The predicted octanol–water partition coefficient (Wildman–Crippen LogP) is 2.57. The highest BCUT2D eigenvalue weighted by atomic mass is 16.2. The van der Waals surface area contributed by atoms with E-state index in [1.54, 1.807) is 17.2 Å². The van der Waals surface area contributed by atoms with Gasteiger partial charge in [0.1, 0.15) is 0 Å². The van der Waals surface area contributed by atoms with E-state index in [0.717, 1.165) is 48.6 Å². The number of nitrogens with zero attached hydrogens (tertiary/aromatic N) is 2. The van der Waals surface area contributed by atoms with E-state index in [1.165, 1.54) is 5.57 Å². The molecule has 31 heavy (non-hydrogen) atoms. The maximum Gasteiger partial charge on any atom is 0.252 e. The molecule has 1 aliphatic carbocycles.